The van der Waals surface area contributed by atoms with Crippen LogP contribution >= 0.6 is 0 Å². The molecule has 0 aliphatic heterocycles. The Bertz CT molecular complexity index is 592. The largest absolute Gasteiger partial charge is 0.508 e. The van der Waals surface area contributed by atoms with Gasteiger partial charge >= 0.3 is 0 Å². The van der Waals surface area contributed by atoms with E-state index in [9.17, 15) is 16.8 Å². The van der Waals surface area contributed by atoms with Crippen LogP contribution in [0.1, 0.15) is 0 Å². The van der Waals surface area contributed by atoms with Gasteiger partial charge in [0.15, 0.2) is 0 Å². The molecule has 0 radical (unpaired) electrons. The SMILES string of the molecule is CS(=O)(=O)CCNS(=O)(=O)c1cccc(O)c1. The van der Waals surface area contributed by atoms with Crippen molar-refractivity contribution in [2.24, 2.45) is 0 Å². The second-order valence-electron chi connectivity index (χ2n) is 3.53. The van der Waals surface area contributed by atoms with Crippen LogP contribution in [0.2, 0.25) is 0 Å². The summed E-state index contributed by atoms with van der Waals surface area (Å²) in [6.45, 7) is -0.198. The molecule has 0 bridgehead atoms. The van der Waals surface area contributed by atoms with Crippen LogP contribution in [-0.4, -0.2) is 40.5 Å². The van der Waals surface area contributed by atoms with E-state index >= 15 is 0 Å². The smallest absolute Gasteiger partial charge is 0.240 e. The Balaban J connectivity index is 2.77. The van der Waals surface area contributed by atoms with Gasteiger partial charge in [0.25, 0.3) is 0 Å². The first kappa shape index (κ1) is 13.9. The molecular formula is C9H13NO5S2. The Hall–Kier alpha value is -1.12. The number of phenolic OH excluding ortho intramolecular Hbond substituents is 1. The summed E-state index contributed by atoms with van der Waals surface area (Å²) in [5, 5.41) is 9.14. The maximum Gasteiger partial charge on any atom is 0.240 e. The molecule has 1 aromatic carbocycles. The zero-order valence-corrected chi connectivity index (χ0v) is 10.8. The van der Waals surface area contributed by atoms with E-state index in [2.05, 4.69) is 4.72 Å². The lowest BCUT2D eigenvalue weighted by molar-refractivity contribution is 0.473. The van der Waals surface area contributed by atoms with Gasteiger partial charge in [-0.15, -0.1) is 0 Å². The summed E-state index contributed by atoms with van der Waals surface area (Å²) in [6.07, 6.45) is 1.02. The molecule has 0 saturated heterocycles. The van der Waals surface area contributed by atoms with Crippen LogP contribution in [0.15, 0.2) is 29.2 Å². The number of hydrogen-bond donors (Lipinski definition) is 2. The van der Waals surface area contributed by atoms with Crippen LogP contribution in [0.25, 0.3) is 0 Å². The van der Waals surface area contributed by atoms with Crippen molar-refractivity contribution in [2.45, 2.75) is 4.90 Å². The van der Waals surface area contributed by atoms with Crippen molar-refractivity contribution in [3.05, 3.63) is 24.3 Å². The predicted molar refractivity (Wildman–Crippen MR) is 63.0 cm³/mol. The molecule has 8 heteroatoms. The second-order valence-corrected chi connectivity index (χ2v) is 7.55. The first-order chi connectivity index (χ1) is 7.71. The molecule has 1 rings (SSSR count). The Morgan fingerprint density at radius 2 is 1.88 bits per heavy atom. The predicted octanol–water partition coefficient (Wildman–Crippen LogP) is -0.285. The van der Waals surface area contributed by atoms with Crippen molar-refractivity contribution in [3.63, 3.8) is 0 Å². The van der Waals surface area contributed by atoms with Crippen LogP contribution < -0.4 is 4.72 Å². The molecule has 0 amide bonds. The monoisotopic (exact) mass is 279 g/mol. The van der Waals surface area contributed by atoms with E-state index in [1.807, 2.05) is 0 Å². The summed E-state index contributed by atoms with van der Waals surface area (Å²) in [4.78, 5) is -0.106. The van der Waals surface area contributed by atoms with Crippen molar-refractivity contribution in [3.8, 4) is 5.75 Å². The summed E-state index contributed by atoms with van der Waals surface area (Å²) >= 11 is 0. The third-order valence-electron chi connectivity index (χ3n) is 1.89. The van der Waals surface area contributed by atoms with Gasteiger partial charge in [0.2, 0.25) is 10.0 Å². The maximum atomic E-state index is 11.7. The number of benzene rings is 1. The minimum Gasteiger partial charge on any atom is -0.508 e. The molecule has 0 aromatic heterocycles. The van der Waals surface area contributed by atoms with Gasteiger partial charge in [-0.05, 0) is 18.2 Å². The maximum absolute atomic E-state index is 11.7. The number of rotatable bonds is 5. The molecule has 0 spiro atoms. The molecule has 0 heterocycles. The Kier molecular flexibility index (Phi) is 4.12. The summed E-state index contributed by atoms with van der Waals surface area (Å²) in [6, 6.07) is 5.13. The average Bonchev–Trinajstić information content (AvgIpc) is 2.15. The van der Waals surface area contributed by atoms with Crippen LogP contribution in [0, 0.1) is 0 Å². The molecule has 0 aliphatic rings. The molecular weight excluding hydrogens is 266 g/mol. The van der Waals surface area contributed by atoms with Gasteiger partial charge in [-0.3, -0.25) is 0 Å². The molecule has 17 heavy (non-hydrogen) atoms. The number of sulfone groups is 1. The fourth-order valence-corrected chi connectivity index (χ4v) is 2.77. The lowest BCUT2D eigenvalue weighted by atomic mass is 10.3. The Morgan fingerprint density at radius 1 is 1.24 bits per heavy atom. The molecule has 6 nitrogen and oxygen atoms in total. The average molecular weight is 279 g/mol. The van der Waals surface area contributed by atoms with E-state index in [1.165, 1.54) is 18.2 Å². The van der Waals surface area contributed by atoms with Crippen molar-refractivity contribution >= 4 is 19.9 Å². The van der Waals surface area contributed by atoms with Gasteiger partial charge in [-0.2, -0.15) is 0 Å². The van der Waals surface area contributed by atoms with Gasteiger partial charge < -0.3 is 5.11 Å². The number of sulfonamides is 1. The van der Waals surface area contributed by atoms with Crippen molar-refractivity contribution in [2.75, 3.05) is 18.6 Å². The second kappa shape index (κ2) is 5.03. The fourth-order valence-electron chi connectivity index (χ4n) is 1.10. The molecule has 2 N–H and O–H groups in total. The third-order valence-corrected chi connectivity index (χ3v) is 4.30. The van der Waals surface area contributed by atoms with Gasteiger partial charge in [0.1, 0.15) is 15.6 Å². The quantitative estimate of drug-likeness (QED) is 0.771. The van der Waals surface area contributed by atoms with Crippen LogP contribution in [0.3, 0.4) is 0 Å². The van der Waals surface area contributed by atoms with Crippen molar-refractivity contribution in [1.82, 2.24) is 4.72 Å². The molecule has 0 saturated carbocycles. The summed E-state index contributed by atoms with van der Waals surface area (Å²) in [7, 11) is -6.99. The standard InChI is InChI=1S/C9H13NO5S2/c1-16(12,13)6-5-10-17(14,15)9-4-2-3-8(11)7-9/h2-4,7,10-11H,5-6H2,1H3. The molecule has 1 aromatic rings. The van der Waals surface area contributed by atoms with Gasteiger partial charge in [-0.25, -0.2) is 21.6 Å². The zero-order valence-electron chi connectivity index (χ0n) is 9.12. The molecule has 96 valence electrons. The zero-order chi connectivity index (χ0) is 13.1. The highest BCUT2D eigenvalue weighted by molar-refractivity contribution is 7.91. The molecule has 0 fully saturated rings. The fraction of sp³-hybridized carbons (Fsp3) is 0.333. The van der Waals surface area contributed by atoms with Crippen molar-refractivity contribution in [1.29, 1.82) is 0 Å². The van der Waals surface area contributed by atoms with Crippen LogP contribution in [0.5, 0.6) is 5.75 Å². The van der Waals surface area contributed by atoms with E-state index in [-0.39, 0.29) is 22.9 Å². The van der Waals surface area contributed by atoms with Gasteiger partial charge in [0.05, 0.1) is 10.6 Å². The number of phenols is 1. The van der Waals surface area contributed by atoms with Crippen LogP contribution in [-0.2, 0) is 19.9 Å². The lowest BCUT2D eigenvalue weighted by Gasteiger charge is -2.06. The molecule has 0 atom stereocenters. The normalized spacial score (nSPS) is 12.5. The Labute approximate surface area is 100 Å². The topological polar surface area (TPSA) is 101 Å². The third kappa shape index (κ3) is 4.72. The van der Waals surface area contributed by atoms with E-state index < -0.39 is 19.9 Å². The Morgan fingerprint density at radius 3 is 2.41 bits per heavy atom. The minimum atomic E-state index is -3.78. The van der Waals surface area contributed by atoms with Gasteiger partial charge in [-0.1, -0.05) is 6.07 Å². The number of hydrogen-bond acceptors (Lipinski definition) is 5. The first-order valence-electron chi connectivity index (χ1n) is 4.67. The minimum absolute atomic E-state index is 0.106. The molecule has 0 aliphatic carbocycles. The number of nitrogens with one attached hydrogen (secondary N) is 1. The summed E-state index contributed by atoms with van der Waals surface area (Å²) < 4.78 is 47.1. The van der Waals surface area contributed by atoms with E-state index in [1.54, 1.807) is 0 Å². The van der Waals surface area contributed by atoms with E-state index in [0.29, 0.717) is 0 Å². The first-order valence-corrected chi connectivity index (χ1v) is 8.21. The lowest BCUT2D eigenvalue weighted by Crippen LogP contribution is -2.28. The van der Waals surface area contributed by atoms with Crippen molar-refractivity contribution < 1.29 is 21.9 Å². The highest BCUT2D eigenvalue weighted by Crippen LogP contribution is 2.15. The summed E-state index contributed by atoms with van der Waals surface area (Å²) in [5.74, 6) is -0.443. The summed E-state index contributed by atoms with van der Waals surface area (Å²) in [5.41, 5.74) is 0. The molecule has 0 unspecified atom stereocenters. The number of aromatic hydroxyl groups is 1. The van der Waals surface area contributed by atoms with Gasteiger partial charge in [0, 0.05) is 12.8 Å². The van der Waals surface area contributed by atoms with E-state index in [0.717, 1.165) is 12.3 Å². The highest BCUT2D eigenvalue weighted by atomic mass is 32.2. The highest BCUT2D eigenvalue weighted by Gasteiger charge is 2.14. The van der Waals surface area contributed by atoms with E-state index in [4.69, 9.17) is 5.11 Å². The van der Waals surface area contributed by atoms with Crippen LogP contribution in [0.4, 0.5) is 0 Å².